The molecule has 1 fully saturated rings. The fourth-order valence-electron chi connectivity index (χ4n) is 1.00. The molecule has 0 aromatic rings. The van der Waals surface area contributed by atoms with E-state index >= 15 is 0 Å². The molecule has 5 nitrogen and oxygen atoms in total. The lowest BCUT2D eigenvalue weighted by molar-refractivity contribution is 0.00578. The Balaban J connectivity index is 2.65. The molecule has 1 amide bonds. The van der Waals surface area contributed by atoms with Crippen LogP contribution in [0, 0.1) is 0 Å². The molecule has 1 aliphatic heterocycles. The average molecular weight is 187 g/mol. The zero-order valence-corrected chi connectivity index (χ0v) is 8.25. The molecule has 6 heteroatoms. The zero-order chi connectivity index (χ0) is 10.3. The molecule has 0 radical (unpaired) electrons. The van der Waals surface area contributed by atoms with Crippen LogP contribution in [0.15, 0.2) is 0 Å². The van der Waals surface area contributed by atoms with Crippen LogP contribution in [-0.2, 0) is 9.31 Å². The summed E-state index contributed by atoms with van der Waals surface area (Å²) < 4.78 is 10.7. The molecular formula is C7H14BNO4. The molecule has 1 heterocycles. The molecular weight excluding hydrogens is 173 g/mol. The van der Waals surface area contributed by atoms with Gasteiger partial charge in [-0.2, -0.15) is 0 Å². The molecule has 0 aromatic carbocycles. The highest BCUT2D eigenvalue weighted by atomic mass is 16.7. The first-order valence-electron chi connectivity index (χ1n) is 4.10. The first-order chi connectivity index (χ1) is 5.74. The van der Waals surface area contributed by atoms with Crippen LogP contribution in [0.3, 0.4) is 0 Å². The topological polar surface area (TPSA) is 67.8 Å². The lowest BCUT2D eigenvalue weighted by Gasteiger charge is -2.32. The number of hydrogen-bond acceptors (Lipinski definition) is 3. The number of carbonyl (C=O) groups is 1. The molecule has 1 saturated heterocycles. The first kappa shape index (κ1) is 10.3. The first-order valence-corrected chi connectivity index (χ1v) is 4.10. The lowest BCUT2D eigenvalue weighted by atomic mass is 9.90. The van der Waals surface area contributed by atoms with E-state index in [0.29, 0.717) is 0 Å². The van der Waals surface area contributed by atoms with E-state index in [1.807, 2.05) is 27.7 Å². The minimum atomic E-state index is -1.15. The van der Waals surface area contributed by atoms with Crippen molar-refractivity contribution in [1.29, 1.82) is 0 Å². The summed E-state index contributed by atoms with van der Waals surface area (Å²) in [5.41, 5.74) is -1.000. The molecule has 0 unspecified atom stereocenters. The van der Waals surface area contributed by atoms with E-state index in [4.69, 9.17) is 14.4 Å². The molecule has 0 atom stereocenters. The highest BCUT2D eigenvalue weighted by Crippen LogP contribution is 2.35. The average Bonchev–Trinajstić information content (AvgIpc) is 1.98. The minimum absolute atomic E-state index is 0.500. The Bertz CT molecular complexity index is 213. The van der Waals surface area contributed by atoms with E-state index in [0.717, 1.165) is 0 Å². The summed E-state index contributed by atoms with van der Waals surface area (Å²) >= 11 is 0. The maximum absolute atomic E-state index is 10.3. The molecule has 74 valence electrons. The Hall–Kier alpha value is -0.745. The largest absolute Gasteiger partial charge is 0.596 e. The van der Waals surface area contributed by atoms with E-state index in [1.165, 1.54) is 0 Å². The van der Waals surface area contributed by atoms with Gasteiger partial charge in [-0.3, -0.25) is 0 Å². The van der Waals surface area contributed by atoms with Gasteiger partial charge < -0.3 is 19.6 Å². The van der Waals surface area contributed by atoms with Gasteiger partial charge in [0.1, 0.15) is 0 Å². The standard InChI is InChI=1S/C7H14BNO4/c1-6(2)7(3,4)13-8(12-6)9-5(10)11/h9H,1-4H3,(H,10,11). The van der Waals surface area contributed by atoms with Crippen molar-refractivity contribution in [2.75, 3.05) is 0 Å². The van der Waals surface area contributed by atoms with Crippen LogP contribution in [-0.4, -0.2) is 29.7 Å². The SMILES string of the molecule is CC1(C)OB(NC(=O)O)OC1(C)C. The third kappa shape index (κ3) is 1.95. The van der Waals surface area contributed by atoms with Crippen molar-refractivity contribution in [3.05, 3.63) is 0 Å². The van der Waals surface area contributed by atoms with Gasteiger partial charge in [0.15, 0.2) is 0 Å². The van der Waals surface area contributed by atoms with Crippen molar-refractivity contribution in [2.45, 2.75) is 38.9 Å². The van der Waals surface area contributed by atoms with E-state index in [9.17, 15) is 4.79 Å². The fourth-order valence-corrected chi connectivity index (χ4v) is 1.00. The second kappa shape index (κ2) is 2.89. The minimum Gasteiger partial charge on any atom is -0.466 e. The van der Waals surface area contributed by atoms with Gasteiger partial charge in [-0.05, 0) is 27.7 Å². The highest BCUT2D eigenvalue weighted by molar-refractivity contribution is 6.45. The van der Waals surface area contributed by atoms with Crippen molar-refractivity contribution in [3.8, 4) is 0 Å². The molecule has 0 spiro atoms. The van der Waals surface area contributed by atoms with E-state index < -0.39 is 24.5 Å². The molecule has 0 saturated carbocycles. The van der Waals surface area contributed by atoms with Gasteiger partial charge >= 0.3 is 13.3 Å². The molecule has 0 bridgehead atoms. The van der Waals surface area contributed by atoms with Crippen LogP contribution in [0.1, 0.15) is 27.7 Å². The fraction of sp³-hybridized carbons (Fsp3) is 0.857. The lowest BCUT2D eigenvalue weighted by Crippen LogP contribution is -2.41. The maximum Gasteiger partial charge on any atom is 0.596 e. The van der Waals surface area contributed by atoms with Crippen molar-refractivity contribution in [2.24, 2.45) is 0 Å². The van der Waals surface area contributed by atoms with Crippen LogP contribution >= 0.6 is 0 Å². The summed E-state index contributed by atoms with van der Waals surface area (Å²) in [6.45, 7) is 7.43. The van der Waals surface area contributed by atoms with Gasteiger partial charge in [-0.25, -0.2) is 4.79 Å². The Labute approximate surface area is 77.6 Å². The van der Waals surface area contributed by atoms with Crippen molar-refractivity contribution in [3.63, 3.8) is 0 Å². The summed E-state index contributed by atoms with van der Waals surface area (Å²) in [5, 5.41) is 10.6. The van der Waals surface area contributed by atoms with Crippen LogP contribution in [0.4, 0.5) is 4.79 Å². The molecule has 0 aliphatic carbocycles. The smallest absolute Gasteiger partial charge is 0.466 e. The summed E-state index contributed by atoms with van der Waals surface area (Å²) in [5.74, 6) is 0. The third-order valence-corrected chi connectivity index (χ3v) is 2.49. The number of carboxylic acid groups (broad SMARTS) is 1. The summed E-state index contributed by atoms with van der Waals surface area (Å²) in [6, 6.07) is 0. The Morgan fingerprint density at radius 1 is 1.23 bits per heavy atom. The second-order valence-corrected chi connectivity index (χ2v) is 4.04. The number of amides is 1. The van der Waals surface area contributed by atoms with Crippen LogP contribution < -0.4 is 5.23 Å². The number of hydrogen-bond donors (Lipinski definition) is 2. The van der Waals surface area contributed by atoms with Crippen molar-refractivity contribution < 1.29 is 19.2 Å². The number of rotatable bonds is 1. The molecule has 0 aromatic heterocycles. The second-order valence-electron chi connectivity index (χ2n) is 4.04. The Kier molecular flexibility index (Phi) is 2.29. The van der Waals surface area contributed by atoms with Gasteiger partial charge in [0, 0.05) is 0 Å². The summed E-state index contributed by atoms with van der Waals surface area (Å²) in [6.07, 6.45) is -1.15. The van der Waals surface area contributed by atoms with Crippen LogP contribution in [0.25, 0.3) is 0 Å². The quantitative estimate of drug-likeness (QED) is 0.597. The molecule has 2 N–H and O–H groups in total. The predicted octanol–water partition coefficient (Wildman–Crippen LogP) is 0.843. The normalized spacial score (nSPS) is 24.5. The van der Waals surface area contributed by atoms with Crippen LogP contribution in [0.5, 0.6) is 0 Å². The third-order valence-electron chi connectivity index (χ3n) is 2.49. The monoisotopic (exact) mass is 187 g/mol. The predicted molar refractivity (Wildman–Crippen MR) is 47.2 cm³/mol. The van der Waals surface area contributed by atoms with Gasteiger partial charge in [-0.15, -0.1) is 0 Å². The van der Waals surface area contributed by atoms with E-state index in [1.54, 1.807) is 0 Å². The Morgan fingerprint density at radius 3 is 1.92 bits per heavy atom. The van der Waals surface area contributed by atoms with Crippen molar-refractivity contribution >= 4 is 13.3 Å². The summed E-state index contributed by atoms with van der Waals surface area (Å²) in [4.78, 5) is 10.3. The van der Waals surface area contributed by atoms with Gasteiger partial charge in [0.2, 0.25) is 0 Å². The highest BCUT2D eigenvalue weighted by Gasteiger charge is 2.52. The molecule has 1 aliphatic rings. The maximum atomic E-state index is 10.3. The molecule has 13 heavy (non-hydrogen) atoms. The zero-order valence-electron chi connectivity index (χ0n) is 8.25. The number of nitrogens with one attached hydrogen (secondary N) is 1. The van der Waals surface area contributed by atoms with Gasteiger partial charge in [0.05, 0.1) is 11.2 Å². The van der Waals surface area contributed by atoms with Gasteiger partial charge in [-0.1, -0.05) is 0 Å². The molecule has 1 rings (SSSR count). The van der Waals surface area contributed by atoms with Gasteiger partial charge in [0.25, 0.3) is 0 Å². The van der Waals surface area contributed by atoms with E-state index in [-0.39, 0.29) is 0 Å². The van der Waals surface area contributed by atoms with Crippen molar-refractivity contribution in [1.82, 2.24) is 5.23 Å². The van der Waals surface area contributed by atoms with E-state index in [2.05, 4.69) is 5.23 Å². The Morgan fingerprint density at radius 2 is 1.62 bits per heavy atom. The summed E-state index contributed by atoms with van der Waals surface area (Å²) in [7, 11) is -0.873. The van der Waals surface area contributed by atoms with Crippen LogP contribution in [0.2, 0.25) is 0 Å².